The van der Waals surface area contributed by atoms with Crippen LogP contribution in [-0.4, -0.2) is 52.1 Å². The van der Waals surface area contributed by atoms with Gasteiger partial charge in [0.15, 0.2) is 0 Å². The van der Waals surface area contributed by atoms with Crippen LogP contribution in [0.5, 0.6) is 0 Å². The Morgan fingerprint density at radius 1 is 1.08 bits per heavy atom. The van der Waals surface area contributed by atoms with Crippen LogP contribution in [0.25, 0.3) is 0 Å². The molecule has 1 saturated heterocycles. The Bertz CT molecular complexity index is 696. The molecule has 2 heterocycles. The molecule has 0 aromatic heterocycles. The molecule has 1 unspecified atom stereocenters. The van der Waals surface area contributed by atoms with Crippen molar-refractivity contribution < 1.29 is 19.5 Å². The fourth-order valence-electron chi connectivity index (χ4n) is 3.51. The van der Waals surface area contributed by atoms with Crippen molar-refractivity contribution in [3.05, 3.63) is 35.9 Å². The first-order valence-corrected chi connectivity index (χ1v) is 8.96. The molecule has 0 radical (unpaired) electrons. The lowest BCUT2D eigenvalue weighted by atomic mass is 9.94. The largest absolute Gasteiger partial charge is 0.481 e. The molecular formula is C19H23N3O4. The summed E-state index contributed by atoms with van der Waals surface area (Å²) >= 11 is 0. The predicted octanol–water partition coefficient (Wildman–Crippen LogP) is 2.05. The van der Waals surface area contributed by atoms with Gasteiger partial charge in [-0.2, -0.15) is 5.10 Å². The van der Waals surface area contributed by atoms with Crippen LogP contribution in [0.1, 0.15) is 43.7 Å². The van der Waals surface area contributed by atoms with Crippen LogP contribution < -0.4 is 0 Å². The van der Waals surface area contributed by atoms with Crippen molar-refractivity contribution in [3.8, 4) is 0 Å². The molecule has 7 heteroatoms. The monoisotopic (exact) mass is 357 g/mol. The number of benzene rings is 1. The number of carboxylic acids is 1. The lowest BCUT2D eigenvalue weighted by molar-refractivity contribution is -0.143. The second-order valence-electron chi connectivity index (χ2n) is 6.69. The lowest BCUT2D eigenvalue weighted by Gasteiger charge is -2.33. The van der Waals surface area contributed by atoms with Gasteiger partial charge in [-0.3, -0.25) is 14.4 Å². The Labute approximate surface area is 152 Å². The quantitative estimate of drug-likeness (QED) is 0.873. The maximum atomic E-state index is 12.9. The highest BCUT2D eigenvalue weighted by molar-refractivity contribution is 5.83. The molecule has 0 bridgehead atoms. The molecule has 0 aliphatic carbocycles. The van der Waals surface area contributed by atoms with Crippen molar-refractivity contribution in [3.63, 3.8) is 0 Å². The molecule has 26 heavy (non-hydrogen) atoms. The molecule has 2 aliphatic rings. The highest BCUT2D eigenvalue weighted by atomic mass is 16.4. The first-order valence-electron chi connectivity index (χ1n) is 8.96. The fourth-order valence-corrected chi connectivity index (χ4v) is 3.51. The summed E-state index contributed by atoms with van der Waals surface area (Å²) in [5, 5.41) is 14.6. The Morgan fingerprint density at radius 3 is 2.42 bits per heavy atom. The maximum Gasteiger partial charge on any atom is 0.303 e. The number of amides is 2. The third-order valence-electron chi connectivity index (χ3n) is 4.99. The molecule has 1 N–H and O–H groups in total. The molecular weight excluding hydrogens is 334 g/mol. The smallest absolute Gasteiger partial charge is 0.303 e. The van der Waals surface area contributed by atoms with Gasteiger partial charge in [0.1, 0.15) is 0 Å². The van der Waals surface area contributed by atoms with Crippen molar-refractivity contribution in [2.24, 2.45) is 11.0 Å². The van der Waals surface area contributed by atoms with Crippen molar-refractivity contribution in [1.82, 2.24) is 9.91 Å². The number of nitrogens with zero attached hydrogens (tertiary/aromatic N) is 3. The number of aliphatic carboxylic acids is 1. The van der Waals surface area contributed by atoms with Gasteiger partial charge < -0.3 is 10.0 Å². The van der Waals surface area contributed by atoms with Crippen molar-refractivity contribution in [2.75, 3.05) is 13.1 Å². The summed E-state index contributed by atoms with van der Waals surface area (Å²) in [6.07, 6.45) is 3.53. The first-order chi connectivity index (χ1) is 12.6. The lowest BCUT2D eigenvalue weighted by Crippen LogP contribution is -2.43. The van der Waals surface area contributed by atoms with Gasteiger partial charge in [0.2, 0.25) is 11.8 Å². The molecule has 1 aromatic rings. The third-order valence-corrected chi connectivity index (χ3v) is 4.99. The van der Waals surface area contributed by atoms with E-state index < -0.39 is 5.97 Å². The van der Waals surface area contributed by atoms with Gasteiger partial charge in [-0.25, -0.2) is 5.01 Å². The second kappa shape index (κ2) is 8.12. The minimum Gasteiger partial charge on any atom is -0.481 e. The normalized spacial score (nSPS) is 20.4. The molecule has 0 spiro atoms. The van der Waals surface area contributed by atoms with Gasteiger partial charge in [0, 0.05) is 38.1 Å². The van der Waals surface area contributed by atoms with Crippen LogP contribution in [-0.2, 0) is 14.4 Å². The molecule has 2 amide bonds. The molecule has 1 atom stereocenters. The number of carbonyl (C=O) groups excluding carboxylic acids is 2. The zero-order chi connectivity index (χ0) is 18.5. The number of piperidine rings is 1. The first kappa shape index (κ1) is 18.1. The minimum atomic E-state index is -0.970. The summed E-state index contributed by atoms with van der Waals surface area (Å²) in [6, 6.07) is 9.81. The number of likely N-dealkylation sites (tertiary alicyclic amines) is 1. The highest BCUT2D eigenvalue weighted by Crippen LogP contribution is 2.31. The average molecular weight is 357 g/mol. The van der Waals surface area contributed by atoms with Crippen LogP contribution in [0.4, 0.5) is 0 Å². The van der Waals surface area contributed by atoms with Gasteiger partial charge in [0.05, 0.1) is 12.5 Å². The Balaban J connectivity index is 1.56. The van der Waals surface area contributed by atoms with Crippen molar-refractivity contribution in [2.45, 2.75) is 38.1 Å². The van der Waals surface area contributed by atoms with E-state index in [1.807, 2.05) is 30.3 Å². The summed E-state index contributed by atoms with van der Waals surface area (Å²) in [7, 11) is 0. The molecule has 7 nitrogen and oxygen atoms in total. The molecule has 2 aliphatic heterocycles. The van der Waals surface area contributed by atoms with E-state index in [0.717, 1.165) is 5.56 Å². The van der Waals surface area contributed by atoms with Gasteiger partial charge in [-0.1, -0.05) is 30.3 Å². The van der Waals surface area contributed by atoms with E-state index in [-0.39, 0.29) is 36.6 Å². The average Bonchev–Trinajstić information content (AvgIpc) is 3.16. The zero-order valence-electron chi connectivity index (χ0n) is 14.6. The number of carbonyl (C=O) groups is 3. The molecule has 1 fully saturated rings. The molecule has 138 valence electrons. The van der Waals surface area contributed by atoms with Crippen molar-refractivity contribution >= 4 is 24.0 Å². The number of carboxylic acid groups (broad SMARTS) is 1. The van der Waals surface area contributed by atoms with E-state index in [4.69, 9.17) is 5.11 Å². The van der Waals surface area contributed by atoms with Gasteiger partial charge in [-0.05, 0) is 18.4 Å². The van der Waals surface area contributed by atoms with Crippen LogP contribution in [0, 0.1) is 5.92 Å². The topological polar surface area (TPSA) is 90.3 Å². The summed E-state index contributed by atoms with van der Waals surface area (Å²) < 4.78 is 0. The van der Waals surface area contributed by atoms with E-state index in [1.165, 1.54) is 0 Å². The van der Waals surface area contributed by atoms with Crippen molar-refractivity contribution in [1.29, 1.82) is 0 Å². The maximum absolute atomic E-state index is 12.9. The Hall–Kier alpha value is -2.70. The van der Waals surface area contributed by atoms with Crippen LogP contribution in [0.3, 0.4) is 0 Å². The highest BCUT2D eigenvalue weighted by Gasteiger charge is 2.35. The molecule has 3 rings (SSSR count). The van der Waals surface area contributed by atoms with E-state index in [2.05, 4.69) is 5.10 Å². The summed E-state index contributed by atoms with van der Waals surface area (Å²) in [6.45, 7) is 0.977. The van der Waals surface area contributed by atoms with Gasteiger partial charge >= 0.3 is 5.97 Å². The minimum absolute atomic E-state index is 0.00485. The Morgan fingerprint density at radius 2 is 1.77 bits per heavy atom. The Kier molecular flexibility index (Phi) is 5.65. The zero-order valence-corrected chi connectivity index (χ0v) is 14.6. The van der Waals surface area contributed by atoms with E-state index >= 15 is 0 Å². The van der Waals surface area contributed by atoms with Crippen LogP contribution in [0.15, 0.2) is 35.4 Å². The predicted molar refractivity (Wildman–Crippen MR) is 95.3 cm³/mol. The van der Waals surface area contributed by atoms with Gasteiger partial charge in [-0.15, -0.1) is 0 Å². The van der Waals surface area contributed by atoms with E-state index in [9.17, 15) is 14.4 Å². The summed E-state index contributed by atoms with van der Waals surface area (Å²) in [5.41, 5.74) is 1.07. The fraction of sp³-hybridized carbons (Fsp3) is 0.474. The summed E-state index contributed by atoms with van der Waals surface area (Å²) in [5.74, 6) is -1.27. The van der Waals surface area contributed by atoms with E-state index in [1.54, 1.807) is 16.1 Å². The molecule has 0 saturated carbocycles. The number of hydrogen-bond acceptors (Lipinski definition) is 4. The molecule has 1 aromatic carbocycles. The number of hydrogen-bond donors (Lipinski definition) is 1. The number of hydrazone groups is 1. The number of rotatable bonds is 5. The van der Waals surface area contributed by atoms with Gasteiger partial charge in [0.25, 0.3) is 0 Å². The standard InChI is InChI=1S/C19H23N3O4/c23-17(6-7-18(24)25)21-12-9-15(10-13-21)19(26)22-16(8-11-20-22)14-4-2-1-3-5-14/h1-5,11,15-16H,6-10,12-13H2,(H,24,25). The van der Waals surface area contributed by atoms with Crippen LogP contribution in [0.2, 0.25) is 0 Å². The summed E-state index contributed by atoms with van der Waals surface area (Å²) in [4.78, 5) is 37.2. The SMILES string of the molecule is O=C(O)CCC(=O)N1CCC(C(=O)N2N=CCC2c2ccccc2)CC1. The second-order valence-corrected chi connectivity index (χ2v) is 6.69. The van der Waals surface area contributed by atoms with E-state index in [0.29, 0.717) is 32.4 Å². The third kappa shape index (κ3) is 4.09. The van der Waals surface area contributed by atoms with Crippen LogP contribution >= 0.6 is 0 Å².